The quantitative estimate of drug-likeness (QED) is 0.691. The molecule has 0 aliphatic rings. The highest BCUT2D eigenvalue weighted by Crippen LogP contribution is 2.28. The molecule has 0 N–H and O–H groups in total. The van der Waals surface area contributed by atoms with Crippen molar-refractivity contribution in [3.63, 3.8) is 0 Å². The van der Waals surface area contributed by atoms with Crippen molar-refractivity contribution < 1.29 is 14.3 Å². The maximum absolute atomic E-state index is 13.1. The van der Waals surface area contributed by atoms with Gasteiger partial charge in [-0.3, -0.25) is 4.79 Å². The number of methoxy groups -OCH3 is 1. The number of ether oxygens (including phenoxy) is 2. The molecule has 0 spiro atoms. The van der Waals surface area contributed by atoms with Crippen molar-refractivity contribution in [3.05, 3.63) is 59.7 Å². The van der Waals surface area contributed by atoms with E-state index < -0.39 is 0 Å². The first-order valence-electron chi connectivity index (χ1n) is 8.84. The second-order valence-corrected chi connectivity index (χ2v) is 6.31. The highest BCUT2D eigenvalue weighted by Gasteiger charge is 2.18. The second-order valence-electron chi connectivity index (χ2n) is 6.31. The third kappa shape index (κ3) is 5.49. The fourth-order valence-electron chi connectivity index (χ4n) is 2.64. The summed E-state index contributed by atoms with van der Waals surface area (Å²) < 4.78 is 10.9. The van der Waals surface area contributed by atoms with Crippen LogP contribution in [0, 0.1) is 0 Å². The number of likely N-dealkylation sites (N-methyl/N-ethyl adjacent to an activating group) is 1. The molecule has 0 aliphatic carbocycles. The molecule has 0 aromatic heterocycles. The standard InChI is InChI=1S/C21H28N2O3/c1-5-26-20-15-18(11-12-19(20)25-4)21(24)23(14-13-22(2)3)16-17-9-7-6-8-10-17/h6-12,15H,5,13-14,16H2,1-4H3. The zero-order valence-electron chi connectivity index (χ0n) is 16.1. The highest BCUT2D eigenvalue weighted by atomic mass is 16.5. The molecule has 0 saturated carbocycles. The van der Waals surface area contributed by atoms with Crippen LogP contribution >= 0.6 is 0 Å². The predicted molar refractivity (Wildman–Crippen MR) is 104 cm³/mol. The van der Waals surface area contributed by atoms with E-state index in [-0.39, 0.29) is 5.91 Å². The maximum atomic E-state index is 13.1. The maximum Gasteiger partial charge on any atom is 0.254 e. The molecule has 5 nitrogen and oxygen atoms in total. The summed E-state index contributed by atoms with van der Waals surface area (Å²) in [6.45, 7) is 4.45. The predicted octanol–water partition coefficient (Wildman–Crippen LogP) is 3.30. The van der Waals surface area contributed by atoms with Crippen LogP contribution in [0.5, 0.6) is 11.5 Å². The number of amides is 1. The number of carbonyl (C=O) groups excluding carboxylic acids is 1. The first-order chi connectivity index (χ1) is 12.5. The lowest BCUT2D eigenvalue weighted by Crippen LogP contribution is -2.36. The zero-order valence-corrected chi connectivity index (χ0v) is 16.1. The lowest BCUT2D eigenvalue weighted by Gasteiger charge is -2.25. The Bertz CT molecular complexity index is 702. The molecule has 0 heterocycles. The molecule has 0 atom stereocenters. The first-order valence-corrected chi connectivity index (χ1v) is 8.84. The number of carbonyl (C=O) groups is 1. The topological polar surface area (TPSA) is 42.0 Å². The van der Waals surface area contributed by atoms with Crippen LogP contribution in [0.4, 0.5) is 0 Å². The van der Waals surface area contributed by atoms with E-state index in [0.29, 0.717) is 36.8 Å². The van der Waals surface area contributed by atoms with E-state index in [1.807, 2.05) is 56.3 Å². The first kappa shape index (κ1) is 19.8. The van der Waals surface area contributed by atoms with Gasteiger partial charge in [0.1, 0.15) is 0 Å². The van der Waals surface area contributed by atoms with Gasteiger partial charge >= 0.3 is 0 Å². The smallest absolute Gasteiger partial charge is 0.254 e. The van der Waals surface area contributed by atoms with Crippen molar-refractivity contribution in [3.8, 4) is 11.5 Å². The van der Waals surface area contributed by atoms with Gasteiger partial charge in [-0.15, -0.1) is 0 Å². The van der Waals surface area contributed by atoms with Gasteiger partial charge in [-0.1, -0.05) is 30.3 Å². The Balaban J connectivity index is 2.25. The minimum absolute atomic E-state index is 0.0145. The minimum Gasteiger partial charge on any atom is -0.493 e. The molecule has 2 aromatic carbocycles. The van der Waals surface area contributed by atoms with Crippen LogP contribution in [0.3, 0.4) is 0 Å². The average Bonchev–Trinajstić information content (AvgIpc) is 2.65. The van der Waals surface area contributed by atoms with E-state index in [0.717, 1.165) is 12.1 Å². The molecule has 2 aromatic rings. The summed E-state index contributed by atoms with van der Waals surface area (Å²) in [7, 11) is 5.61. The number of benzene rings is 2. The van der Waals surface area contributed by atoms with E-state index in [4.69, 9.17) is 9.47 Å². The molecule has 0 fully saturated rings. The van der Waals surface area contributed by atoms with Gasteiger partial charge in [0.15, 0.2) is 11.5 Å². The molecule has 0 aliphatic heterocycles. The molecule has 0 unspecified atom stereocenters. The average molecular weight is 356 g/mol. The van der Waals surface area contributed by atoms with E-state index in [9.17, 15) is 4.79 Å². The largest absolute Gasteiger partial charge is 0.493 e. The summed E-state index contributed by atoms with van der Waals surface area (Å²) in [5, 5.41) is 0. The van der Waals surface area contributed by atoms with Gasteiger partial charge in [0.2, 0.25) is 0 Å². The Morgan fingerprint density at radius 2 is 1.73 bits per heavy atom. The molecule has 140 valence electrons. The molecular weight excluding hydrogens is 328 g/mol. The molecule has 1 amide bonds. The lowest BCUT2D eigenvalue weighted by atomic mass is 10.1. The van der Waals surface area contributed by atoms with Crippen molar-refractivity contribution in [1.29, 1.82) is 0 Å². The van der Waals surface area contributed by atoms with E-state index in [2.05, 4.69) is 4.90 Å². The van der Waals surface area contributed by atoms with Gasteiger partial charge in [0.05, 0.1) is 13.7 Å². The summed E-state index contributed by atoms with van der Waals surface area (Å²) >= 11 is 0. The third-order valence-corrected chi connectivity index (χ3v) is 4.03. The van der Waals surface area contributed by atoms with Crippen LogP contribution in [-0.2, 0) is 6.54 Å². The van der Waals surface area contributed by atoms with Crippen LogP contribution in [0.25, 0.3) is 0 Å². The fourth-order valence-corrected chi connectivity index (χ4v) is 2.64. The van der Waals surface area contributed by atoms with Crippen LogP contribution in [-0.4, -0.2) is 56.6 Å². The fraction of sp³-hybridized carbons (Fsp3) is 0.381. The molecule has 0 saturated heterocycles. The van der Waals surface area contributed by atoms with Gasteiger partial charge in [-0.25, -0.2) is 0 Å². The van der Waals surface area contributed by atoms with Gasteiger partial charge in [-0.05, 0) is 44.8 Å². The molecule has 26 heavy (non-hydrogen) atoms. The van der Waals surface area contributed by atoms with Crippen LogP contribution < -0.4 is 9.47 Å². The molecular formula is C21H28N2O3. The number of hydrogen-bond donors (Lipinski definition) is 0. The van der Waals surface area contributed by atoms with Gasteiger partial charge in [0.25, 0.3) is 5.91 Å². The minimum atomic E-state index is -0.0145. The highest BCUT2D eigenvalue weighted by molar-refractivity contribution is 5.95. The van der Waals surface area contributed by atoms with Crippen LogP contribution in [0.2, 0.25) is 0 Å². The van der Waals surface area contributed by atoms with Crippen molar-refractivity contribution in [2.75, 3.05) is 40.9 Å². The van der Waals surface area contributed by atoms with Crippen LogP contribution in [0.15, 0.2) is 48.5 Å². The van der Waals surface area contributed by atoms with E-state index in [1.165, 1.54) is 0 Å². The van der Waals surface area contributed by atoms with Crippen molar-refractivity contribution in [2.24, 2.45) is 0 Å². The van der Waals surface area contributed by atoms with E-state index in [1.54, 1.807) is 25.3 Å². The van der Waals surface area contributed by atoms with Crippen molar-refractivity contribution in [2.45, 2.75) is 13.5 Å². The zero-order chi connectivity index (χ0) is 18.9. The summed E-state index contributed by atoms with van der Waals surface area (Å²) in [5.74, 6) is 1.21. The Labute approximate surface area is 156 Å². The van der Waals surface area contributed by atoms with Crippen LogP contribution in [0.1, 0.15) is 22.8 Å². The summed E-state index contributed by atoms with van der Waals surface area (Å²) in [6.07, 6.45) is 0. The number of nitrogens with zero attached hydrogens (tertiary/aromatic N) is 2. The van der Waals surface area contributed by atoms with Gasteiger partial charge < -0.3 is 19.3 Å². The molecule has 0 radical (unpaired) electrons. The van der Waals surface area contributed by atoms with E-state index >= 15 is 0 Å². The third-order valence-electron chi connectivity index (χ3n) is 4.03. The Kier molecular flexibility index (Phi) is 7.48. The lowest BCUT2D eigenvalue weighted by molar-refractivity contribution is 0.0731. The summed E-state index contributed by atoms with van der Waals surface area (Å²) in [4.78, 5) is 17.1. The Morgan fingerprint density at radius 3 is 2.35 bits per heavy atom. The summed E-state index contributed by atoms with van der Waals surface area (Å²) in [6, 6.07) is 15.4. The SMILES string of the molecule is CCOc1cc(C(=O)N(CCN(C)C)Cc2ccccc2)ccc1OC. The monoisotopic (exact) mass is 356 g/mol. The Morgan fingerprint density at radius 1 is 1.00 bits per heavy atom. The van der Waals surface area contributed by atoms with Crippen molar-refractivity contribution >= 4 is 5.91 Å². The normalized spacial score (nSPS) is 10.7. The number of hydrogen-bond acceptors (Lipinski definition) is 4. The van der Waals surface area contributed by atoms with Crippen molar-refractivity contribution in [1.82, 2.24) is 9.80 Å². The molecule has 5 heteroatoms. The summed E-state index contributed by atoms with van der Waals surface area (Å²) in [5.41, 5.74) is 1.71. The van der Waals surface area contributed by atoms with Gasteiger partial charge in [0, 0.05) is 25.2 Å². The number of rotatable bonds is 9. The van der Waals surface area contributed by atoms with Gasteiger partial charge in [-0.2, -0.15) is 0 Å². The molecule has 2 rings (SSSR count). The molecule has 0 bridgehead atoms. The second kappa shape index (κ2) is 9.82. The Hall–Kier alpha value is -2.53.